The van der Waals surface area contributed by atoms with Crippen molar-refractivity contribution in [3.8, 4) is 5.00 Å². The first-order valence-corrected chi connectivity index (χ1v) is 6.77. The van der Waals surface area contributed by atoms with E-state index >= 15 is 0 Å². The zero-order chi connectivity index (χ0) is 13.8. The highest BCUT2D eigenvalue weighted by molar-refractivity contribution is 7.18. The van der Waals surface area contributed by atoms with Crippen molar-refractivity contribution in [3.05, 3.63) is 54.7 Å². The lowest BCUT2D eigenvalue weighted by atomic mass is 10.1. The molecule has 3 rings (SSSR count). The number of benzene rings is 1. The van der Waals surface area contributed by atoms with E-state index < -0.39 is 0 Å². The van der Waals surface area contributed by atoms with Crippen LogP contribution in [0.3, 0.4) is 0 Å². The zero-order valence-electron chi connectivity index (χ0n) is 10.4. The van der Waals surface area contributed by atoms with Crippen molar-refractivity contribution in [1.29, 1.82) is 0 Å². The summed E-state index contributed by atoms with van der Waals surface area (Å²) in [7, 11) is 0. The van der Waals surface area contributed by atoms with Gasteiger partial charge in [0.05, 0.1) is 12.6 Å². The van der Waals surface area contributed by atoms with Gasteiger partial charge in [-0.25, -0.2) is 14.6 Å². The summed E-state index contributed by atoms with van der Waals surface area (Å²) >= 11 is 1.35. The molecule has 0 unspecified atom stereocenters. The molecule has 7 heteroatoms. The van der Waals surface area contributed by atoms with E-state index in [-0.39, 0.29) is 5.91 Å². The zero-order valence-corrected chi connectivity index (χ0v) is 11.2. The predicted octanol–water partition coefficient (Wildman–Crippen LogP) is 1.90. The molecule has 3 aromatic rings. The number of aromatic nitrogens is 4. The summed E-state index contributed by atoms with van der Waals surface area (Å²) in [5.74, 6) is -0.0873. The normalized spacial score (nSPS) is 10.4. The van der Waals surface area contributed by atoms with E-state index in [4.69, 9.17) is 0 Å². The Bertz CT molecular complexity index is 693. The van der Waals surface area contributed by atoms with Crippen LogP contribution < -0.4 is 5.32 Å². The number of nitrogens with zero attached hydrogens (tertiary/aromatic N) is 4. The van der Waals surface area contributed by atoms with Crippen molar-refractivity contribution in [3.63, 3.8) is 0 Å². The van der Waals surface area contributed by atoms with Crippen molar-refractivity contribution in [1.82, 2.24) is 19.7 Å². The first-order valence-electron chi connectivity index (χ1n) is 5.96. The number of amides is 1. The molecule has 0 aliphatic carbocycles. The van der Waals surface area contributed by atoms with E-state index in [9.17, 15) is 4.79 Å². The van der Waals surface area contributed by atoms with Gasteiger partial charge in [-0.2, -0.15) is 5.10 Å². The molecule has 0 fully saturated rings. The van der Waals surface area contributed by atoms with Gasteiger partial charge < -0.3 is 5.32 Å². The van der Waals surface area contributed by atoms with Crippen molar-refractivity contribution in [2.75, 3.05) is 5.32 Å². The third-order valence-corrected chi connectivity index (χ3v) is 3.49. The van der Waals surface area contributed by atoms with Crippen LogP contribution in [0.15, 0.2) is 49.2 Å². The lowest BCUT2D eigenvalue weighted by Crippen LogP contribution is -2.13. The molecule has 1 amide bonds. The number of carbonyl (C=O) groups excluding carboxylic acids is 1. The topological polar surface area (TPSA) is 72.7 Å². The Morgan fingerprint density at radius 3 is 2.90 bits per heavy atom. The van der Waals surface area contributed by atoms with Gasteiger partial charge in [0.2, 0.25) is 5.91 Å². The Morgan fingerprint density at radius 2 is 2.15 bits per heavy atom. The lowest BCUT2D eigenvalue weighted by molar-refractivity contribution is -0.115. The highest BCUT2D eigenvalue weighted by Gasteiger charge is 2.08. The van der Waals surface area contributed by atoms with Crippen LogP contribution in [0.1, 0.15) is 5.56 Å². The van der Waals surface area contributed by atoms with E-state index in [0.29, 0.717) is 11.6 Å². The minimum absolute atomic E-state index is 0.0873. The molecular formula is C13H11N5OS. The fourth-order valence-corrected chi connectivity index (χ4v) is 2.46. The minimum atomic E-state index is -0.0873. The average molecular weight is 285 g/mol. The Kier molecular flexibility index (Phi) is 3.51. The molecule has 0 atom stereocenters. The van der Waals surface area contributed by atoms with Crippen LogP contribution in [0.4, 0.5) is 5.13 Å². The quantitative estimate of drug-likeness (QED) is 0.794. The third-order valence-electron chi connectivity index (χ3n) is 2.59. The highest BCUT2D eigenvalue weighted by Crippen LogP contribution is 2.21. The van der Waals surface area contributed by atoms with E-state index in [0.717, 1.165) is 10.6 Å². The summed E-state index contributed by atoms with van der Waals surface area (Å²) in [6.07, 6.45) is 5.02. The summed E-state index contributed by atoms with van der Waals surface area (Å²) in [6.45, 7) is 0. The second kappa shape index (κ2) is 5.62. The predicted molar refractivity (Wildman–Crippen MR) is 75.8 cm³/mol. The van der Waals surface area contributed by atoms with Gasteiger partial charge in [0.15, 0.2) is 5.13 Å². The van der Waals surface area contributed by atoms with Gasteiger partial charge in [0.1, 0.15) is 17.7 Å². The molecule has 6 nitrogen and oxygen atoms in total. The van der Waals surface area contributed by atoms with Crippen LogP contribution in [-0.4, -0.2) is 25.7 Å². The minimum Gasteiger partial charge on any atom is -0.302 e. The summed E-state index contributed by atoms with van der Waals surface area (Å²) in [5, 5.41) is 8.15. The second-order valence-electron chi connectivity index (χ2n) is 4.05. The van der Waals surface area contributed by atoms with Crippen LogP contribution >= 0.6 is 11.3 Å². The molecular weight excluding hydrogens is 274 g/mol. The molecule has 1 aromatic carbocycles. The maximum atomic E-state index is 11.9. The lowest BCUT2D eigenvalue weighted by Gasteiger charge is -2.01. The number of thiazole rings is 1. The monoisotopic (exact) mass is 285 g/mol. The van der Waals surface area contributed by atoms with Crippen molar-refractivity contribution in [2.45, 2.75) is 6.42 Å². The fourth-order valence-electron chi connectivity index (χ4n) is 1.70. The standard InChI is InChI=1S/C13H11N5OS/c19-11(6-10-4-2-1-3-5-10)17-13-15-7-12(20-13)18-9-14-8-16-18/h1-5,7-9H,6H2,(H,15,17,19). The fraction of sp³-hybridized carbons (Fsp3) is 0.0769. The van der Waals surface area contributed by atoms with Gasteiger partial charge in [-0.15, -0.1) is 0 Å². The summed E-state index contributed by atoms with van der Waals surface area (Å²) in [6, 6.07) is 9.58. The molecule has 0 radical (unpaired) electrons. The molecule has 1 N–H and O–H groups in total. The van der Waals surface area contributed by atoms with Gasteiger partial charge in [-0.05, 0) is 5.56 Å². The van der Waals surface area contributed by atoms with Crippen molar-refractivity contribution in [2.24, 2.45) is 0 Å². The van der Waals surface area contributed by atoms with Gasteiger partial charge in [0.25, 0.3) is 0 Å². The number of hydrogen-bond acceptors (Lipinski definition) is 5. The maximum Gasteiger partial charge on any atom is 0.230 e. The van der Waals surface area contributed by atoms with Crippen LogP contribution in [0.2, 0.25) is 0 Å². The number of anilines is 1. The van der Waals surface area contributed by atoms with Crippen LogP contribution in [0.25, 0.3) is 5.00 Å². The summed E-state index contributed by atoms with van der Waals surface area (Å²) < 4.78 is 1.60. The molecule has 0 bridgehead atoms. The molecule has 0 saturated carbocycles. The smallest absolute Gasteiger partial charge is 0.230 e. The van der Waals surface area contributed by atoms with Crippen molar-refractivity contribution < 1.29 is 4.79 Å². The number of rotatable bonds is 4. The summed E-state index contributed by atoms with van der Waals surface area (Å²) in [4.78, 5) is 19.9. The molecule has 2 heterocycles. The Labute approximate surface area is 119 Å². The number of nitrogens with one attached hydrogen (secondary N) is 1. The van der Waals surface area contributed by atoms with Crippen LogP contribution in [0.5, 0.6) is 0 Å². The average Bonchev–Trinajstić information content (AvgIpc) is 3.10. The van der Waals surface area contributed by atoms with E-state index in [2.05, 4.69) is 20.4 Å². The van der Waals surface area contributed by atoms with Gasteiger partial charge in [-0.1, -0.05) is 41.7 Å². The van der Waals surface area contributed by atoms with Crippen LogP contribution in [0, 0.1) is 0 Å². The molecule has 0 aliphatic rings. The molecule has 0 spiro atoms. The second-order valence-corrected chi connectivity index (χ2v) is 5.06. The molecule has 20 heavy (non-hydrogen) atoms. The van der Waals surface area contributed by atoms with Crippen LogP contribution in [-0.2, 0) is 11.2 Å². The Balaban J connectivity index is 1.65. The number of hydrogen-bond donors (Lipinski definition) is 1. The molecule has 0 saturated heterocycles. The number of carbonyl (C=O) groups is 1. The molecule has 2 aromatic heterocycles. The van der Waals surface area contributed by atoms with Gasteiger partial charge >= 0.3 is 0 Å². The van der Waals surface area contributed by atoms with Crippen molar-refractivity contribution >= 4 is 22.4 Å². The van der Waals surface area contributed by atoms with E-state index in [1.54, 1.807) is 17.2 Å². The summed E-state index contributed by atoms with van der Waals surface area (Å²) in [5.41, 5.74) is 0.970. The van der Waals surface area contributed by atoms with E-state index in [1.165, 1.54) is 17.7 Å². The SMILES string of the molecule is O=C(Cc1ccccc1)Nc1ncc(-n2cncn2)s1. The first kappa shape index (κ1) is 12.5. The highest BCUT2D eigenvalue weighted by atomic mass is 32.1. The first-order chi connectivity index (χ1) is 9.81. The largest absolute Gasteiger partial charge is 0.302 e. The Hall–Kier alpha value is -2.54. The van der Waals surface area contributed by atoms with Gasteiger partial charge in [0, 0.05) is 0 Å². The third kappa shape index (κ3) is 2.89. The van der Waals surface area contributed by atoms with Gasteiger partial charge in [-0.3, -0.25) is 4.79 Å². The van der Waals surface area contributed by atoms with E-state index in [1.807, 2.05) is 30.3 Å². The maximum absolute atomic E-state index is 11.9. The molecule has 100 valence electrons. The molecule has 0 aliphatic heterocycles. The Morgan fingerprint density at radius 1 is 1.30 bits per heavy atom.